The Balaban J connectivity index is 1.52. The molecule has 0 radical (unpaired) electrons. The molecule has 10 heteroatoms. The highest BCUT2D eigenvalue weighted by Gasteiger charge is 2.19. The molecule has 0 aliphatic rings. The van der Waals surface area contributed by atoms with Crippen molar-refractivity contribution < 1.29 is 18.7 Å². The zero-order chi connectivity index (χ0) is 22.7. The first-order chi connectivity index (χ1) is 15.5. The number of aromatic nitrogens is 3. The zero-order valence-electron chi connectivity index (χ0n) is 17.7. The molecule has 4 aromatic rings. The van der Waals surface area contributed by atoms with E-state index in [4.69, 9.17) is 25.5 Å². The molecule has 0 aliphatic carbocycles. The Labute approximate surface area is 193 Å². The van der Waals surface area contributed by atoms with Gasteiger partial charge in [-0.05, 0) is 37.3 Å². The molecule has 0 bridgehead atoms. The maximum absolute atomic E-state index is 12.5. The summed E-state index contributed by atoms with van der Waals surface area (Å²) in [5.41, 5.74) is 1.17. The SMILES string of the molecule is CCn1c(SCC(=O)Nc2cc(Cl)ccc2OC)nnc1-c1cc2cccc(OC)c2o1. The summed E-state index contributed by atoms with van der Waals surface area (Å²) >= 11 is 7.31. The van der Waals surface area contributed by atoms with E-state index in [1.165, 1.54) is 18.9 Å². The van der Waals surface area contributed by atoms with E-state index in [1.54, 1.807) is 25.3 Å². The van der Waals surface area contributed by atoms with Crippen molar-refractivity contribution in [1.29, 1.82) is 0 Å². The maximum Gasteiger partial charge on any atom is 0.234 e. The fraction of sp³-hybridized carbons (Fsp3) is 0.227. The second kappa shape index (κ2) is 9.54. The molecule has 1 amide bonds. The lowest BCUT2D eigenvalue weighted by Gasteiger charge is -2.10. The number of fused-ring (bicyclic) bond motifs is 1. The van der Waals surface area contributed by atoms with Crippen molar-refractivity contribution in [3.8, 4) is 23.1 Å². The molecule has 2 aromatic heterocycles. The molecular formula is C22H21ClN4O4S. The van der Waals surface area contributed by atoms with Crippen molar-refractivity contribution in [3.63, 3.8) is 0 Å². The summed E-state index contributed by atoms with van der Waals surface area (Å²) in [6.07, 6.45) is 0. The lowest BCUT2D eigenvalue weighted by atomic mass is 10.2. The van der Waals surface area contributed by atoms with Gasteiger partial charge in [-0.25, -0.2) is 0 Å². The van der Waals surface area contributed by atoms with Gasteiger partial charge in [-0.1, -0.05) is 35.5 Å². The number of benzene rings is 2. The van der Waals surface area contributed by atoms with Crippen molar-refractivity contribution in [3.05, 3.63) is 47.5 Å². The number of rotatable bonds is 8. The van der Waals surface area contributed by atoms with Gasteiger partial charge in [0.2, 0.25) is 11.7 Å². The van der Waals surface area contributed by atoms with Crippen LogP contribution in [0.15, 0.2) is 52.0 Å². The van der Waals surface area contributed by atoms with Crippen LogP contribution in [-0.4, -0.2) is 40.6 Å². The van der Waals surface area contributed by atoms with Gasteiger partial charge < -0.3 is 19.2 Å². The van der Waals surface area contributed by atoms with Crippen molar-refractivity contribution >= 4 is 45.9 Å². The number of halogens is 1. The summed E-state index contributed by atoms with van der Waals surface area (Å²) in [6.45, 7) is 2.60. The van der Waals surface area contributed by atoms with Gasteiger partial charge in [-0.2, -0.15) is 0 Å². The molecular weight excluding hydrogens is 452 g/mol. The predicted molar refractivity (Wildman–Crippen MR) is 125 cm³/mol. The monoisotopic (exact) mass is 472 g/mol. The number of carbonyl (C=O) groups excluding carboxylic acids is 1. The average molecular weight is 473 g/mol. The van der Waals surface area contributed by atoms with Crippen LogP contribution in [0.5, 0.6) is 11.5 Å². The highest BCUT2D eigenvalue weighted by Crippen LogP contribution is 2.34. The van der Waals surface area contributed by atoms with Crippen molar-refractivity contribution in [2.45, 2.75) is 18.6 Å². The second-order valence-electron chi connectivity index (χ2n) is 6.72. The Morgan fingerprint density at radius 2 is 1.97 bits per heavy atom. The summed E-state index contributed by atoms with van der Waals surface area (Å²) in [6, 6.07) is 12.6. The number of furan rings is 1. The van der Waals surface area contributed by atoms with E-state index in [-0.39, 0.29) is 11.7 Å². The lowest BCUT2D eigenvalue weighted by Crippen LogP contribution is -2.15. The van der Waals surface area contributed by atoms with E-state index in [9.17, 15) is 4.79 Å². The molecule has 0 saturated heterocycles. The molecule has 0 atom stereocenters. The average Bonchev–Trinajstić information content (AvgIpc) is 3.41. The number of hydrogen-bond donors (Lipinski definition) is 1. The van der Waals surface area contributed by atoms with E-state index >= 15 is 0 Å². The van der Waals surface area contributed by atoms with Crippen LogP contribution in [0, 0.1) is 0 Å². The number of para-hydroxylation sites is 1. The number of ether oxygens (including phenoxy) is 2. The van der Waals surface area contributed by atoms with Crippen LogP contribution in [-0.2, 0) is 11.3 Å². The number of hydrogen-bond acceptors (Lipinski definition) is 7. The lowest BCUT2D eigenvalue weighted by molar-refractivity contribution is -0.113. The smallest absolute Gasteiger partial charge is 0.234 e. The minimum Gasteiger partial charge on any atom is -0.495 e. The standard InChI is InChI=1S/C22H21ClN4O4S/c1-4-27-21(18-10-13-6-5-7-17(30-3)20(13)31-18)25-26-22(27)32-12-19(28)24-15-11-14(23)8-9-16(15)29-2/h5-11H,4,12H2,1-3H3,(H,24,28). The van der Waals surface area contributed by atoms with E-state index in [0.717, 1.165) is 5.39 Å². The molecule has 8 nitrogen and oxygen atoms in total. The first kappa shape index (κ1) is 22.0. The Kier molecular flexibility index (Phi) is 6.57. The molecule has 0 spiro atoms. The van der Waals surface area contributed by atoms with Crippen LogP contribution in [0.25, 0.3) is 22.6 Å². The topological polar surface area (TPSA) is 91.4 Å². The van der Waals surface area contributed by atoms with E-state index in [0.29, 0.717) is 51.1 Å². The largest absolute Gasteiger partial charge is 0.495 e. The second-order valence-corrected chi connectivity index (χ2v) is 8.10. The molecule has 2 heterocycles. The van der Waals surface area contributed by atoms with Crippen LogP contribution in [0.4, 0.5) is 5.69 Å². The fourth-order valence-corrected chi connectivity index (χ4v) is 4.24. The van der Waals surface area contributed by atoms with Gasteiger partial charge in [-0.15, -0.1) is 10.2 Å². The quantitative estimate of drug-likeness (QED) is 0.356. The molecule has 0 unspecified atom stereocenters. The summed E-state index contributed by atoms with van der Waals surface area (Å²) < 4.78 is 18.6. The maximum atomic E-state index is 12.5. The predicted octanol–water partition coefficient (Wildman–Crippen LogP) is 5.11. The third-order valence-corrected chi connectivity index (χ3v) is 5.95. The molecule has 166 valence electrons. The number of carbonyl (C=O) groups is 1. The van der Waals surface area contributed by atoms with Gasteiger partial charge in [0.05, 0.1) is 25.7 Å². The fourth-order valence-electron chi connectivity index (χ4n) is 3.26. The Morgan fingerprint density at radius 1 is 1.16 bits per heavy atom. The summed E-state index contributed by atoms with van der Waals surface area (Å²) in [7, 11) is 3.14. The molecule has 0 fully saturated rings. The van der Waals surface area contributed by atoms with Crippen LogP contribution >= 0.6 is 23.4 Å². The van der Waals surface area contributed by atoms with Gasteiger partial charge in [0.25, 0.3) is 0 Å². The molecule has 32 heavy (non-hydrogen) atoms. The molecule has 2 aromatic carbocycles. The Morgan fingerprint density at radius 3 is 2.72 bits per heavy atom. The van der Waals surface area contributed by atoms with Crippen LogP contribution in [0.3, 0.4) is 0 Å². The van der Waals surface area contributed by atoms with Crippen LogP contribution in [0.2, 0.25) is 5.02 Å². The number of anilines is 1. The first-order valence-corrected chi connectivity index (χ1v) is 11.2. The number of methoxy groups -OCH3 is 2. The zero-order valence-corrected chi connectivity index (χ0v) is 19.3. The van der Waals surface area contributed by atoms with Gasteiger partial charge in [0.15, 0.2) is 22.2 Å². The van der Waals surface area contributed by atoms with Crippen LogP contribution < -0.4 is 14.8 Å². The minimum atomic E-state index is -0.212. The first-order valence-electron chi connectivity index (χ1n) is 9.80. The van der Waals surface area contributed by atoms with Gasteiger partial charge in [0.1, 0.15) is 5.75 Å². The van der Waals surface area contributed by atoms with Crippen LogP contribution in [0.1, 0.15) is 6.92 Å². The number of thioether (sulfide) groups is 1. The van der Waals surface area contributed by atoms with Crippen molar-refractivity contribution in [1.82, 2.24) is 14.8 Å². The van der Waals surface area contributed by atoms with Gasteiger partial charge in [-0.3, -0.25) is 9.36 Å². The number of nitrogens with one attached hydrogen (secondary N) is 1. The van der Waals surface area contributed by atoms with Crippen molar-refractivity contribution in [2.75, 3.05) is 25.3 Å². The normalized spacial score (nSPS) is 11.0. The van der Waals surface area contributed by atoms with Crippen molar-refractivity contribution in [2.24, 2.45) is 0 Å². The van der Waals surface area contributed by atoms with Gasteiger partial charge >= 0.3 is 0 Å². The van der Waals surface area contributed by atoms with E-state index in [2.05, 4.69) is 15.5 Å². The van der Waals surface area contributed by atoms with E-state index in [1.807, 2.05) is 35.8 Å². The Bertz CT molecular complexity index is 1270. The summed E-state index contributed by atoms with van der Waals surface area (Å²) in [5, 5.41) is 13.4. The molecule has 1 N–H and O–H groups in total. The molecule has 4 rings (SSSR count). The third-order valence-electron chi connectivity index (χ3n) is 4.75. The molecule has 0 aliphatic heterocycles. The third kappa shape index (κ3) is 4.39. The summed E-state index contributed by atoms with van der Waals surface area (Å²) in [5.74, 6) is 2.29. The molecule has 0 saturated carbocycles. The highest BCUT2D eigenvalue weighted by molar-refractivity contribution is 7.99. The number of amides is 1. The summed E-state index contributed by atoms with van der Waals surface area (Å²) in [4.78, 5) is 12.5. The highest BCUT2D eigenvalue weighted by atomic mass is 35.5. The Hall–Kier alpha value is -3.17. The number of nitrogens with zero attached hydrogens (tertiary/aromatic N) is 3. The van der Waals surface area contributed by atoms with Gasteiger partial charge in [0, 0.05) is 17.0 Å². The minimum absolute atomic E-state index is 0.141. The van der Waals surface area contributed by atoms with E-state index < -0.39 is 0 Å².